The first-order valence-corrected chi connectivity index (χ1v) is 7.39. The first-order valence-electron chi connectivity index (χ1n) is 7.39. The van der Waals surface area contributed by atoms with Gasteiger partial charge in [0.15, 0.2) is 6.10 Å². The van der Waals surface area contributed by atoms with Gasteiger partial charge in [0, 0.05) is 5.82 Å². The molecule has 0 N–H and O–H groups in total. The van der Waals surface area contributed by atoms with Crippen LogP contribution in [0.25, 0.3) is 0 Å². The van der Waals surface area contributed by atoms with Crippen molar-refractivity contribution < 1.29 is 27.2 Å². The van der Waals surface area contributed by atoms with Gasteiger partial charge in [0.2, 0.25) is 0 Å². The molecule has 3 nitrogen and oxygen atoms in total. The number of rotatable bonds is 5. The summed E-state index contributed by atoms with van der Waals surface area (Å²) in [5.74, 6) is -0.303. The highest BCUT2D eigenvalue weighted by atomic mass is 19.4. The van der Waals surface area contributed by atoms with E-state index in [2.05, 4.69) is 0 Å². The Morgan fingerprint density at radius 3 is 1.81 bits per heavy atom. The van der Waals surface area contributed by atoms with Crippen molar-refractivity contribution in [3.8, 4) is 0 Å². The molecule has 0 radical (unpaired) electrons. The van der Waals surface area contributed by atoms with Crippen molar-refractivity contribution in [2.45, 2.75) is 90.3 Å². The summed E-state index contributed by atoms with van der Waals surface area (Å²) in [6.45, 7) is 12.5. The number of ether oxygens (including phenoxy) is 1. The smallest absolute Gasteiger partial charge is 0.403 e. The third-order valence-electron chi connectivity index (χ3n) is 4.56. The molecule has 0 aromatic heterocycles. The van der Waals surface area contributed by atoms with Crippen LogP contribution < -0.4 is 0 Å². The van der Waals surface area contributed by atoms with E-state index in [0.29, 0.717) is 0 Å². The van der Waals surface area contributed by atoms with Crippen LogP contribution in [0.4, 0.5) is 13.2 Å². The van der Waals surface area contributed by atoms with Crippen molar-refractivity contribution in [2.24, 2.45) is 0 Å². The Morgan fingerprint density at radius 1 is 1.05 bits per heavy atom. The summed E-state index contributed by atoms with van der Waals surface area (Å²) in [5, 5.41) is 0. The van der Waals surface area contributed by atoms with Crippen molar-refractivity contribution in [1.29, 1.82) is 0 Å². The van der Waals surface area contributed by atoms with Crippen LogP contribution in [0.15, 0.2) is 0 Å². The maximum atomic E-state index is 12.8. The van der Waals surface area contributed by atoms with Crippen LogP contribution in [0.2, 0.25) is 5.82 Å². The summed E-state index contributed by atoms with van der Waals surface area (Å²) in [4.78, 5) is 0. The van der Waals surface area contributed by atoms with Crippen molar-refractivity contribution in [3.63, 3.8) is 0 Å². The van der Waals surface area contributed by atoms with E-state index in [9.17, 15) is 13.2 Å². The summed E-state index contributed by atoms with van der Waals surface area (Å²) < 4.78 is 55.3. The summed E-state index contributed by atoms with van der Waals surface area (Å²) >= 11 is 0. The summed E-state index contributed by atoms with van der Waals surface area (Å²) in [5.41, 5.74) is -1.00. The Hall–Kier alpha value is -0.265. The van der Waals surface area contributed by atoms with E-state index < -0.39 is 36.7 Å². The minimum absolute atomic E-state index is 0.107. The summed E-state index contributed by atoms with van der Waals surface area (Å²) in [6.07, 6.45) is -6.83. The highest BCUT2D eigenvalue weighted by molar-refractivity contribution is 6.47. The van der Waals surface area contributed by atoms with Gasteiger partial charge in [-0.1, -0.05) is 13.8 Å². The van der Waals surface area contributed by atoms with E-state index in [0.717, 1.165) is 0 Å². The third kappa shape index (κ3) is 4.14. The van der Waals surface area contributed by atoms with Crippen molar-refractivity contribution in [3.05, 3.63) is 0 Å². The van der Waals surface area contributed by atoms with Gasteiger partial charge in [0.05, 0.1) is 17.3 Å². The molecule has 0 saturated carbocycles. The quantitative estimate of drug-likeness (QED) is 0.712. The lowest BCUT2D eigenvalue weighted by molar-refractivity contribution is -0.232. The number of halogens is 3. The lowest BCUT2D eigenvalue weighted by Gasteiger charge is -2.32. The molecular formula is C14H26BF3O3. The van der Waals surface area contributed by atoms with Gasteiger partial charge >= 0.3 is 13.3 Å². The topological polar surface area (TPSA) is 27.7 Å². The van der Waals surface area contributed by atoms with Gasteiger partial charge in [-0.2, -0.15) is 13.2 Å². The molecule has 1 fully saturated rings. The zero-order valence-electron chi connectivity index (χ0n) is 13.9. The van der Waals surface area contributed by atoms with Crippen LogP contribution in [-0.4, -0.2) is 36.7 Å². The first kappa shape index (κ1) is 18.8. The second-order valence-electron chi connectivity index (χ2n) is 6.76. The largest absolute Gasteiger partial charge is 0.463 e. The predicted octanol–water partition coefficient (Wildman–Crippen LogP) is 4.21. The molecule has 0 amide bonds. The van der Waals surface area contributed by atoms with Crippen LogP contribution in [0.3, 0.4) is 0 Å². The van der Waals surface area contributed by atoms with E-state index in [1.807, 2.05) is 27.7 Å². The molecule has 3 atom stereocenters. The molecule has 7 heteroatoms. The zero-order chi connectivity index (χ0) is 16.6. The molecule has 0 bridgehead atoms. The van der Waals surface area contributed by atoms with Gasteiger partial charge in [-0.05, 0) is 41.0 Å². The van der Waals surface area contributed by atoms with E-state index >= 15 is 0 Å². The van der Waals surface area contributed by atoms with Gasteiger partial charge in [-0.3, -0.25) is 0 Å². The van der Waals surface area contributed by atoms with Gasteiger partial charge in [0.1, 0.15) is 0 Å². The molecule has 0 aliphatic carbocycles. The highest BCUT2D eigenvalue weighted by Gasteiger charge is 2.54. The Bertz CT molecular complexity index is 342. The lowest BCUT2D eigenvalue weighted by Crippen LogP contribution is -2.41. The average Bonchev–Trinajstić information content (AvgIpc) is 2.52. The highest BCUT2D eigenvalue weighted by Crippen LogP contribution is 2.41. The molecule has 1 aliphatic heterocycles. The Balaban J connectivity index is 2.70. The van der Waals surface area contributed by atoms with E-state index in [1.54, 1.807) is 13.8 Å². The average molecular weight is 310 g/mol. The molecule has 0 spiro atoms. The maximum absolute atomic E-state index is 12.8. The van der Waals surface area contributed by atoms with Crippen LogP contribution in [0.5, 0.6) is 0 Å². The minimum atomic E-state index is -4.35. The molecule has 21 heavy (non-hydrogen) atoms. The van der Waals surface area contributed by atoms with E-state index in [-0.39, 0.29) is 12.2 Å². The fourth-order valence-corrected chi connectivity index (χ4v) is 2.11. The second-order valence-corrected chi connectivity index (χ2v) is 6.76. The van der Waals surface area contributed by atoms with Crippen LogP contribution in [0.1, 0.15) is 54.9 Å². The number of alkyl halides is 3. The molecule has 124 valence electrons. The van der Waals surface area contributed by atoms with Gasteiger partial charge < -0.3 is 14.0 Å². The number of hydrogen-bond donors (Lipinski definition) is 0. The monoisotopic (exact) mass is 310 g/mol. The lowest BCUT2D eigenvalue weighted by atomic mass is 9.70. The summed E-state index contributed by atoms with van der Waals surface area (Å²) in [7, 11) is -0.573. The van der Waals surface area contributed by atoms with Gasteiger partial charge in [0.25, 0.3) is 0 Å². The van der Waals surface area contributed by atoms with Crippen LogP contribution >= 0.6 is 0 Å². The Kier molecular flexibility index (Phi) is 5.44. The molecule has 1 heterocycles. The van der Waals surface area contributed by atoms with Gasteiger partial charge in [-0.25, -0.2) is 0 Å². The molecule has 1 saturated heterocycles. The minimum Gasteiger partial charge on any atom is -0.403 e. The van der Waals surface area contributed by atoms with Crippen molar-refractivity contribution in [2.75, 3.05) is 0 Å². The second kappa shape index (κ2) is 6.09. The van der Waals surface area contributed by atoms with Crippen molar-refractivity contribution in [1.82, 2.24) is 0 Å². The maximum Gasteiger partial charge on any atom is 0.463 e. The molecule has 1 aliphatic rings. The van der Waals surface area contributed by atoms with Crippen LogP contribution in [0, 0.1) is 0 Å². The summed E-state index contributed by atoms with van der Waals surface area (Å²) in [6, 6.07) is 0. The molecule has 0 aromatic carbocycles. The SMILES string of the molecule is CCC(OC(C)[C@H](C)B1OC(C)(C)C(C)(C)O1)C(F)(F)F. The van der Waals surface area contributed by atoms with Crippen LogP contribution in [-0.2, 0) is 14.0 Å². The fourth-order valence-electron chi connectivity index (χ4n) is 2.11. The normalized spacial score (nSPS) is 25.7. The molecule has 0 aromatic rings. The van der Waals surface area contributed by atoms with Gasteiger partial charge in [-0.15, -0.1) is 0 Å². The Labute approximate surface area is 125 Å². The molecule has 1 rings (SSSR count). The van der Waals surface area contributed by atoms with Crippen molar-refractivity contribution >= 4 is 7.12 Å². The standard InChI is InChI=1S/C14H26BF3O3/c1-8-11(14(16,17)18)19-10(3)9(2)15-20-12(4,5)13(6,7)21-15/h9-11H,8H2,1-7H3/t9-,10?,11?/m0/s1. The number of hydrogen-bond acceptors (Lipinski definition) is 3. The first-order chi connectivity index (χ1) is 9.32. The Morgan fingerprint density at radius 2 is 1.48 bits per heavy atom. The fraction of sp³-hybridized carbons (Fsp3) is 1.00. The zero-order valence-corrected chi connectivity index (χ0v) is 13.9. The van der Waals surface area contributed by atoms with E-state index in [1.165, 1.54) is 6.92 Å². The predicted molar refractivity (Wildman–Crippen MR) is 76.2 cm³/mol. The molecule has 2 unspecified atom stereocenters. The molecular weight excluding hydrogens is 284 g/mol. The third-order valence-corrected chi connectivity index (χ3v) is 4.56. The van der Waals surface area contributed by atoms with E-state index in [4.69, 9.17) is 14.0 Å².